The van der Waals surface area contributed by atoms with Crippen molar-refractivity contribution in [3.63, 3.8) is 0 Å². The summed E-state index contributed by atoms with van der Waals surface area (Å²) in [6, 6.07) is 13.4. The minimum Gasteiger partial charge on any atom is -0.309 e. The van der Waals surface area contributed by atoms with Crippen LogP contribution in [0.2, 0.25) is 0 Å². The molecule has 2 aromatic rings. The van der Waals surface area contributed by atoms with Gasteiger partial charge in [-0.15, -0.1) is 23.1 Å². The van der Waals surface area contributed by atoms with E-state index in [0.717, 1.165) is 16.8 Å². The van der Waals surface area contributed by atoms with Gasteiger partial charge >= 0.3 is 0 Å². The minimum atomic E-state index is 0.442. The fraction of sp³-hybridized carbons (Fsp3) is 0.333. The van der Waals surface area contributed by atoms with Crippen molar-refractivity contribution in [2.75, 3.05) is 12.3 Å². The van der Waals surface area contributed by atoms with Crippen molar-refractivity contribution in [1.29, 1.82) is 0 Å². The van der Waals surface area contributed by atoms with E-state index in [2.05, 4.69) is 71.5 Å². The molecule has 0 spiro atoms. The van der Waals surface area contributed by atoms with Gasteiger partial charge in [-0.1, -0.05) is 22.9 Å². The maximum Gasteiger partial charge on any atom is 0.0510 e. The Balaban J connectivity index is 1.99. The lowest BCUT2D eigenvalue weighted by molar-refractivity contribution is 0.615. The number of halogens is 1. The van der Waals surface area contributed by atoms with Crippen molar-refractivity contribution in [3.8, 4) is 0 Å². The van der Waals surface area contributed by atoms with Crippen molar-refractivity contribution in [2.24, 2.45) is 0 Å². The highest BCUT2D eigenvalue weighted by molar-refractivity contribution is 9.10. The van der Waals surface area contributed by atoms with Gasteiger partial charge in [-0.25, -0.2) is 0 Å². The van der Waals surface area contributed by atoms with Crippen LogP contribution in [0.5, 0.6) is 0 Å². The van der Waals surface area contributed by atoms with E-state index in [1.165, 1.54) is 14.6 Å². The summed E-state index contributed by atoms with van der Waals surface area (Å²) >= 11 is 7.26. The molecule has 1 N–H and O–H groups in total. The molecule has 0 aliphatic heterocycles. The van der Waals surface area contributed by atoms with Crippen LogP contribution < -0.4 is 5.32 Å². The van der Waals surface area contributed by atoms with Crippen molar-refractivity contribution in [1.82, 2.24) is 5.32 Å². The third-order valence-corrected chi connectivity index (χ3v) is 5.53. The van der Waals surface area contributed by atoms with E-state index >= 15 is 0 Å². The molecule has 19 heavy (non-hydrogen) atoms. The average Bonchev–Trinajstić information content (AvgIpc) is 2.83. The molecule has 0 amide bonds. The first kappa shape index (κ1) is 15.1. The van der Waals surface area contributed by atoms with Gasteiger partial charge < -0.3 is 5.32 Å². The quantitative estimate of drug-likeness (QED) is 0.709. The maximum absolute atomic E-state index is 3.57. The molecule has 1 nitrogen and oxygen atoms in total. The lowest BCUT2D eigenvalue weighted by Gasteiger charge is -2.16. The molecule has 0 bridgehead atoms. The molecule has 0 aliphatic rings. The number of thioether (sulfide) groups is 1. The molecule has 0 saturated carbocycles. The van der Waals surface area contributed by atoms with Crippen LogP contribution in [-0.4, -0.2) is 12.3 Å². The summed E-state index contributed by atoms with van der Waals surface area (Å²) in [6.45, 7) is 5.33. The third kappa shape index (κ3) is 4.63. The molecule has 0 saturated heterocycles. The highest BCUT2D eigenvalue weighted by Crippen LogP contribution is 2.29. The molecule has 1 aromatic carbocycles. The molecule has 1 atom stereocenters. The van der Waals surface area contributed by atoms with Gasteiger partial charge in [0.15, 0.2) is 0 Å². The lowest BCUT2D eigenvalue weighted by atomic mass is 10.2. The number of hydrogen-bond donors (Lipinski definition) is 1. The van der Waals surface area contributed by atoms with Crippen molar-refractivity contribution < 1.29 is 0 Å². The monoisotopic (exact) mass is 355 g/mol. The smallest absolute Gasteiger partial charge is 0.0510 e. The number of nitrogens with one attached hydrogen (secondary N) is 1. The van der Waals surface area contributed by atoms with Crippen LogP contribution in [0.4, 0.5) is 0 Å². The zero-order valence-corrected chi connectivity index (χ0v) is 14.4. The van der Waals surface area contributed by atoms with E-state index in [1.807, 2.05) is 23.1 Å². The Labute approximate surface area is 131 Å². The van der Waals surface area contributed by atoms with E-state index in [-0.39, 0.29) is 0 Å². The van der Waals surface area contributed by atoms with Crippen molar-refractivity contribution in [3.05, 3.63) is 50.6 Å². The van der Waals surface area contributed by atoms with Gasteiger partial charge in [0.25, 0.3) is 0 Å². The average molecular weight is 356 g/mol. The maximum atomic E-state index is 3.57. The van der Waals surface area contributed by atoms with Crippen LogP contribution in [0.25, 0.3) is 0 Å². The van der Waals surface area contributed by atoms with Crippen molar-refractivity contribution in [2.45, 2.75) is 24.8 Å². The van der Waals surface area contributed by atoms with Crippen LogP contribution >= 0.6 is 39.0 Å². The van der Waals surface area contributed by atoms with Crippen LogP contribution in [0, 0.1) is 6.92 Å². The first-order valence-electron chi connectivity index (χ1n) is 6.37. The largest absolute Gasteiger partial charge is 0.309 e. The predicted octanol–water partition coefficient (Wildman–Crippen LogP) is 5.26. The summed E-state index contributed by atoms with van der Waals surface area (Å²) in [5.74, 6) is 1.06. The van der Waals surface area contributed by atoms with Gasteiger partial charge in [-0.05, 0) is 49.9 Å². The Morgan fingerprint density at radius 3 is 2.53 bits per heavy atom. The van der Waals surface area contributed by atoms with Crippen molar-refractivity contribution >= 4 is 39.0 Å². The molecular weight excluding hydrogens is 338 g/mol. The fourth-order valence-electron chi connectivity index (χ4n) is 1.84. The minimum absolute atomic E-state index is 0.442. The van der Waals surface area contributed by atoms with E-state index in [1.54, 1.807) is 0 Å². The van der Waals surface area contributed by atoms with Gasteiger partial charge in [0.1, 0.15) is 0 Å². The number of thiophene rings is 1. The lowest BCUT2D eigenvalue weighted by Crippen LogP contribution is -2.21. The second-order valence-electron chi connectivity index (χ2n) is 4.32. The Kier molecular flexibility index (Phi) is 5.95. The molecule has 0 aliphatic carbocycles. The molecule has 0 fully saturated rings. The molecule has 1 unspecified atom stereocenters. The summed E-state index contributed by atoms with van der Waals surface area (Å²) in [5.41, 5.74) is 0. The molecule has 4 heteroatoms. The zero-order chi connectivity index (χ0) is 13.7. The highest BCUT2D eigenvalue weighted by Gasteiger charge is 2.12. The van der Waals surface area contributed by atoms with Gasteiger partial charge in [0.2, 0.25) is 0 Å². The fourth-order valence-corrected chi connectivity index (χ4v) is 4.15. The van der Waals surface area contributed by atoms with Gasteiger partial charge in [0, 0.05) is 24.9 Å². The SMILES string of the molecule is CCNC(CSc1ccc(Br)cc1)c1ccc(C)s1. The highest BCUT2D eigenvalue weighted by atomic mass is 79.9. The Morgan fingerprint density at radius 2 is 1.95 bits per heavy atom. The van der Waals surface area contributed by atoms with Crippen LogP contribution in [0.3, 0.4) is 0 Å². The van der Waals surface area contributed by atoms with E-state index in [9.17, 15) is 0 Å². The molecule has 1 heterocycles. The molecular formula is C15H18BrNS2. The third-order valence-electron chi connectivity index (χ3n) is 2.79. The Morgan fingerprint density at radius 1 is 1.21 bits per heavy atom. The Bertz CT molecular complexity index is 507. The van der Waals surface area contributed by atoms with Crippen LogP contribution in [0.1, 0.15) is 22.7 Å². The molecule has 1 aromatic heterocycles. The summed E-state index contributed by atoms with van der Waals surface area (Å²) in [4.78, 5) is 4.13. The second-order valence-corrected chi connectivity index (χ2v) is 7.65. The van der Waals surface area contributed by atoms with Gasteiger partial charge in [0.05, 0.1) is 6.04 Å². The first-order valence-corrected chi connectivity index (χ1v) is 8.96. The first-order chi connectivity index (χ1) is 9.19. The number of rotatable bonds is 6. The molecule has 0 radical (unpaired) electrons. The van der Waals surface area contributed by atoms with Crippen LogP contribution in [-0.2, 0) is 0 Å². The molecule has 2 rings (SSSR count). The summed E-state index contributed by atoms with van der Waals surface area (Å²) in [6.07, 6.45) is 0. The number of hydrogen-bond acceptors (Lipinski definition) is 3. The molecule has 102 valence electrons. The standard InChI is InChI=1S/C15H18BrNS2/c1-3-17-14(15-9-4-11(2)19-15)10-18-13-7-5-12(16)6-8-13/h4-9,14,17H,3,10H2,1-2H3. The summed E-state index contributed by atoms with van der Waals surface area (Å²) in [5, 5.41) is 3.57. The summed E-state index contributed by atoms with van der Waals surface area (Å²) < 4.78 is 1.13. The normalized spacial score (nSPS) is 12.6. The van der Waals surface area contributed by atoms with Crippen LogP contribution in [0.15, 0.2) is 45.8 Å². The Hall–Kier alpha value is -0.290. The van der Waals surface area contributed by atoms with E-state index in [0.29, 0.717) is 6.04 Å². The second kappa shape index (κ2) is 7.48. The topological polar surface area (TPSA) is 12.0 Å². The van der Waals surface area contributed by atoms with Gasteiger partial charge in [-0.2, -0.15) is 0 Å². The number of benzene rings is 1. The van der Waals surface area contributed by atoms with Gasteiger partial charge in [-0.3, -0.25) is 0 Å². The van der Waals surface area contributed by atoms with E-state index < -0.39 is 0 Å². The summed E-state index contributed by atoms with van der Waals surface area (Å²) in [7, 11) is 0. The predicted molar refractivity (Wildman–Crippen MR) is 90.3 cm³/mol. The zero-order valence-electron chi connectivity index (χ0n) is 11.2. The van der Waals surface area contributed by atoms with E-state index in [4.69, 9.17) is 0 Å². The number of aryl methyl sites for hydroxylation is 1.